The average molecular weight is 817 g/mol. The highest BCUT2D eigenvalue weighted by Gasteiger charge is 2.46. The van der Waals surface area contributed by atoms with E-state index >= 15 is 0 Å². The average Bonchev–Trinajstić information content (AvgIpc) is 3.16. The number of rotatable bonds is 35. The van der Waals surface area contributed by atoms with Crippen molar-refractivity contribution >= 4 is 22.1 Å². The monoisotopic (exact) mass is 817 g/mol. The standard InChI is InChI=1S/C43H76O12S/c1-3-5-7-9-11-13-14-15-16-17-18-19-20-21-22-24-26-28-30-32-39(45)54-36(33-52-38(44)31-29-27-25-23-12-10-8-6-4-2)34-53-43-42(48)41(47)40(46)37(55-43)35-56(49,50)51/h11,13,15-16,18-19,36-37,40-43,46-48H,3-10,12,14,17,20-35H2,1-2H3,(H,49,50,51)/b13-11-,16-15-,19-18-. The quantitative estimate of drug-likeness (QED) is 0.0208. The third kappa shape index (κ3) is 28.3. The lowest BCUT2D eigenvalue weighted by atomic mass is 10.00. The van der Waals surface area contributed by atoms with Gasteiger partial charge in [0.1, 0.15) is 36.8 Å². The summed E-state index contributed by atoms with van der Waals surface area (Å²) >= 11 is 0. The van der Waals surface area contributed by atoms with E-state index in [9.17, 15) is 37.9 Å². The Morgan fingerprint density at radius 2 is 1.07 bits per heavy atom. The van der Waals surface area contributed by atoms with Crippen LogP contribution in [0.1, 0.15) is 168 Å². The Morgan fingerprint density at radius 1 is 0.607 bits per heavy atom. The molecule has 4 N–H and O–H groups in total. The molecule has 0 radical (unpaired) electrons. The number of hydrogen-bond acceptors (Lipinski definition) is 11. The van der Waals surface area contributed by atoms with E-state index in [2.05, 4.69) is 50.3 Å². The molecule has 0 spiro atoms. The van der Waals surface area contributed by atoms with Gasteiger partial charge >= 0.3 is 11.9 Å². The molecular formula is C43H76O12S. The maximum absolute atomic E-state index is 12.8. The first-order valence-corrected chi connectivity index (χ1v) is 23.2. The van der Waals surface area contributed by atoms with E-state index < -0.39 is 71.2 Å². The summed E-state index contributed by atoms with van der Waals surface area (Å²) < 4.78 is 53.9. The number of ether oxygens (including phenoxy) is 4. The fraction of sp³-hybridized carbons (Fsp3) is 0.814. The van der Waals surface area contributed by atoms with E-state index in [-0.39, 0.29) is 19.4 Å². The number of unbranched alkanes of at least 4 members (excludes halogenated alkanes) is 17. The van der Waals surface area contributed by atoms with E-state index in [0.29, 0.717) is 12.8 Å². The number of esters is 2. The second-order valence-corrected chi connectivity index (χ2v) is 16.5. The molecule has 0 aromatic heterocycles. The molecule has 6 unspecified atom stereocenters. The zero-order valence-corrected chi connectivity index (χ0v) is 35.3. The van der Waals surface area contributed by atoms with Crippen LogP contribution in [0.2, 0.25) is 0 Å². The van der Waals surface area contributed by atoms with Crippen molar-refractivity contribution in [1.29, 1.82) is 0 Å². The molecule has 0 aromatic carbocycles. The maximum atomic E-state index is 12.8. The normalized spacial score (nSPS) is 21.0. The van der Waals surface area contributed by atoms with Crippen LogP contribution >= 0.6 is 0 Å². The molecule has 0 saturated carbocycles. The second kappa shape index (κ2) is 33.8. The van der Waals surface area contributed by atoms with E-state index in [0.717, 1.165) is 70.6 Å². The molecule has 0 aromatic rings. The van der Waals surface area contributed by atoms with Crippen LogP contribution in [0.3, 0.4) is 0 Å². The zero-order valence-electron chi connectivity index (χ0n) is 34.5. The first-order valence-electron chi connectivity index (χ1n) is 21.5. The first-order chi connectivity index (χ1) is 27.0. The van der Waals surface area contributed by atoms with Crippen LogP contribution in [0.15, 0.2) is 36.5 Å². The van der Waals surface area contributed by atoms with Gasteiger partial charge < -0.3 is 34.3 Å². The molecule has 1 saturated heterocycles. The topological polar surface area (TPSA) is 186 Å². The second-order valence-electron chi connectivity index (χ2n) is 15.0. The van der Waals surface area contributed by atoms with Gasteiger partial charge in [0.25, 0.3) is 10.1 Å². The van der Waals surface area contributed by atoms with Crippen molar-refractivity contribution in [1.82, 2.24) is 0 Å². The molecule has 1 heterocycles. The largest absolute Gasteiger partial charge is 0.462 e. The Labute approximate surface area is 338 Å². The molecule has 12 nitrogen and oxygen atoms in total. The maximum Gasteiger partial charge on any atom is 0.306 e. The third-order valence-electron chi connectivity index (χ3n) is 9.72. The minimum Gasteiger partial charge on any atom is -0.462 e. The van der Waals surface area contributed by atoms with Gasteiger partial charge in [0.15, 0.2) is 12.4 Å². The summed E-state index contributed by atoms with van der Waals surface area (Å²) in [5.41, 5.74) is 0. The molecule has 6 atom stereocenters. The van der Waals surface area contributed by atoms with Gasteiger partial charge in [-0.05, 0) is 51.4 Å². The molecule has 0 amide bonds. The number of carbonyl (C=O) groups is 2. The minimum absolute atomic E-state index is 0.150. The highest BCUT2D eigenvalue weighted by molar-refractivity contribution is 7.85. The predicted octanol–water partition coefficient (Wildman–Crippen LogP) is 8.22. The van der Waals surface area contributed by atoms with Crippen molar-refractivity contribution in [3.63, 3.8) is 0 Å². The van der Waals surface area contributed by atoms with Gasteiger partial charge in [-0.2, -0.15) is 8.42 Å². The van der Waals surface area contributed by atoms with Crippen LogP contribution in [0, 0.1) is 0 Å². The van der Waals surface area contributed by atoms with Crippen LogP contribution in [0.4, 0.5) is 0 Å². The molecule has 1 aliphatic rings. The summed E-state index contributed by atoms with van der Waals surface area (Å²) in [4.78, 5) is 25.3. The first kappa shape index (κ1) is 51.9. The van der Waals surface area contributed by atoms with Crippen LogP contribution in [-0.4, -0.2) is 96.0 Å². The number of aliphatic hydroxyl groups excluding tert-OH is 3. The van der Waals surface area contributed by atoms with Gasteiger partial charge in [0, 0.05) is 12.8 Å². The summed E-state index contributed by atoms with van der Waals surface area (Å²) in [6, 6.07) is 0. The molecule has 13 heteroatoms. The fourth-order valence-electron chi connectivity index (χ4n) is 6.33. The van der Waals surface area contributed by atoms with Crippen LogP contribution in [0.5, 0.6) is 0 Å². The number of carbonyl (C=O) groups excluding carboxylic acids is 2. The van der Waals surface area contributed by atoms with Gasteiger partial charge in [-0.15, -0.1) is 0 Å². The van der Waals surface area contributed by atoms with Gasteiger partial charge in [-0.3, -0.25) is 14.1 Å². The third-order valence-corrected chi connectivity index (χ3v) is 10.5. The Hall–Kier alpha value is -2.13. The smallest absolute Gasteiger partial charge is 0.306 e. The lowest BCUT2D eigenvalue weighted by molar-refractivity contribution is -0.297. The molecule has 56 heavy (non-hydrogen) atoms. The number of hydrogen-bond donors (Lipinski definition) is 4. The Balaban J connectivity index is 2.45. The van der Waals surface area contributed by atoms with Gasteiger partial charge in [0.2, 0.25) is 0 Å². The van der Waals surface area contributed by atoms with Crippen LogP contribution in [-0.2, 0) is 38.7 Å². The summed E-state index contributed by atoms with van der Waals surface area (Å²) in [5, 5.41) is 30.8. The van der Waals surface area contributed by atoms with Crippen molar-refractivity contribution in [2.24, 2.45) is 0 Å². The lowest BCUT2D eigenvalue weighted by Gasteiger charge is -2.40. The van der Waals surface area contributed by atoms with Crippen LogP contribution in [0.25, 0.3) is 0 Å². The van der Waals surface area contributed by atoms with Crippen molar-refractivity contribution < 1.29 is 56.8 Å². The Kier molecular flexibility index (Phi) is 31.3. The Bertz CT molecular complexity index is 1190. The molecule has 1 aliphatic heterocycles. The molecule has 0 bridgehead atoms. The van der Waals surface area contributed by atoms with E-state index in [1.54, 1.807) is 0 Å². The van der Waals surface area contributed by atoms with E-state index in [1.165, 1.54) is 57.8 Å². The number of allylic oxidation sites excluding steroid dienone is 6. The van der Waals surface area contributed by atoms with Crippen molar-refractivity contribution in [3.8, 4) is 0 Å². The highest BCUT2D eigenvalue weighted by Crippen LogP contribution is 2.24. The SMILES string of the molecule is CCCCC/C=C\C/C=C\C/C=C\CCCCCCCCC(=O)OC(COC(=O)CCCCCCCCCCC)COC1OC(CS(=O)(=O)O)C(O)C(O)C1O. The molecule has 326 valence electrons. The minimum atomic E-state index is -4.60. The van der Waals surface area contributed by atoms with Crippen molar-refractivity contribution in [2.75, 3.05) is 19.0 Å². The molecule has 1 rings (SSSR count). The Morgan fingerprint density at radius 3 is 1.62 bits per heavy atom. The van der Waals surface area contributed by atoms with Crippen molar-refractivity contribution in [3.05, 3.63) is 36.5 Å². The summed E-state index contributed by atoms with van der Waals surface area (Å²) in [5.74, 6) is -2.00. The zero-order chi connectivity index (χ0) is 41.3. The van der Waals surface area contributed by atoms with Gasteiger partial charge in [-0.25, -0.2) is 0 Å². The van der Waals surface area contributed by atoms with Gasteiger partial charge in [-0.1, -0.05) is 140 Å². The van der Waals surface area contributed by atoms with E-state index in [1.807, 2.05) is 0 Å². The van der Waals surface area contributed by atoms with E-state index in [4.69, 9.17) is 18.9 Å². The molecular weight excluding hydrogens is 741 g/mol. The fourth-order valence-corrected chi connectivity index (χ4v) is 7.02. The number of aliphatic hydroxyl groups is 3. The molecule has 0 aliphatic carbocycles. The van der Waals surface area contributed by atoms with Crippen LogP contribution < -0.4 is 0 Å². The lowest BCUT2D eigenvalue weighted by Crippen LogP contribution is -2.60. The summed E-state index contributed by atoms with van der Waals surface area (Å²) in [7, 11) is -4.60. The highest BCUT2D eigenvalue weighted by atomic mass is 32.2. The summed E-state index contributed by atoms with van der Waals surface area (Å²) in [6.07, 6.45) is 27.7. The molecule has 1 fully saturated rings. The van der Waals surface area contributed by atoms with Gasteiger partial charge in [0.05, 0.1) is 6.61 Å². The summed E-state index contributed by atoms with van der Waals surface area (Å²) in [6.45, 7) is 3.68. The predicted molar refractivity (Wildman–Crippen MR) is 219 cm³/mol. The van der Waals surface area contributed by atoms with Crippen molar-refractivity contribution in [2.45, 2.75) is 205 Å².